The van der Waals surface area contributed by atoms with Crippen LogP contribution >= 0.6 is 11.8 Å². The van der Waals surface area contributed by atoms with E-state index in [0.29, 0.717) is 12.2 Å². The van der Waals surface area contributed by atoms with Crippen LogP contribution in [0.5, 0.6) is 0 Å². The third-order valence-electron chi connectivity index (χ3n) is 1.72. The molecule has 0 radical (unpaired) electrons. The number of nitrogens with zero attached hydrogens (tertiary/aromatic N) is 1. The fourth-order valence-corrected chi connectivity index (χ4v) is 1.62. The van der Waals surface area contributed by atoms with Crippen LogP contribution in [0.15, 0.2) is 28.3 Å². The fourth-order valence-electron chi connectivity index (χ4n) is 1.06. The van der Waals surface area contributed by atoms with Crippen LogP contribution in [0.2, 0.25) is 0 Å². The molecular formula is C9H12N2O2S. The van der Waals surface area contributed by atoms with Gasteiger partial charge >= 0.3 is 0 Å². The lowest BCUT2D eigenvalue weighted by Gasteiger charge is -2.06. The molecule has 0 bridgehead atoms. The van der Waals surface area contributed by atoms with Gasteiger partial charge in [0.1, 0.15) is 5.69 Å². The molecule has 4 nitrogen and oxygen atoms in total. The van der Waals surface area contributed by atoms with Crippen molar-refractivity contribution in [2.24, 2.45) is 5.18 Å². The zero-order valence-electron chi connectivity index (χ0n) is 7.86. The lowest BCUT2D eigenvalue weighted by Crippen LogP contribution is -2.05. The molecule has 1 rings (SSSR count). The molecule has 2 N–H and O–H groups in total. The van der Waals surface area contributed by atoms with Crippen LogP contribution in [0.25, 0.3) is 0 Å². The minimum atomic E-state index is 0.0856. The second kappa shape index (κ2) is 5.62. The molecule has 0 aliphatic rings. The first kappa shape index (κ1) is 11.0. The normalized spacial score (nSPS) is 9.86. The molecule has 0 saturated carbocycles. The lowest BCUT2D eigenvalue weighted by molar-refractivity contribution is 0.311. The van der Waals surface area contributed by atoms with Crippen LogP contribution in [-0.4, -0.2) is 24.5 Å². The summed E-state index contributed by atoms with van der Waals surface area (Å²) >= 11 is 1.47. The van der Waals surface area contributed by atoms with Gasteiger partial charge in [0.15, 0.2) is 0 Å². The molecule has 0 aliphatic heterocycles. The van der Waals surface area contributed by atoms with Crippen LogP contribution < -0.4 is 5.32 Å². The average molecular weight is 212 g/mol. The van der Waals surface area contributed by atoms with Crippen molar-refractivity contribution < 1.29 is 5.11 Å². The highest BCUT2D eigenvalue weighted by Crippen LogP contribution is 2.30. The summed E-state index contributed by atoms with van der Waals surface area (Å²) in [4.78, 5) is 11.2. The highest BCUT2D eigenvalue weighted by atomic mass is 32.2. The van der Waals surface area contributed by atoms with Gasteiger partial charge in [-0.2, -0.15) is 0 Å². The largest absolute Gasteiger partial charge is 0.395 e. The zero-order chi connectivity index (χ0) is 10.4. The molecule has 5 heteroatoms. The number of nitrogens with one attached hydrogen (secondary N) is 1. The van der Waals surface area contributed by atoms with Crippen molar-refractivity contribution in [3.8, 4) is 0 Å². The molecule has 0 atom stereocenters. The molecule has 0 unspecified atom stereocenters. The SMILES string of the molecule is CSc1cc(NCCO)ccc1N=O. The van der Waals surface area contributed by atoms with Gasteiger partial charge in [0.25, 0.3) is 0 Å². The van der Waals surface area contributed by atoms with E-state index >= 15 is 0 Å². The predicted octanol–water partition coefficient (Wildman–Crippen LogP) is 2.21. The maximum Gasteiger partial charge on any atom is 0.121 e. The first-order valence-corrected chi connectivity index (χ1v) is 5.40. The fraction of sp³-hybridized carbons (Fsp3) is 0.333. The first-order chi connectivity index (χ1) is 6.81. The Morgan fingerprint density at radius 1 is 1.57 bits per heavy atom. The van der Waals surface area contributed by atoms with E-state index in [0.717, 1.165) is 10.6 Å². The molecule has 0 spiro atoms. The topological polar surface area (TPSA) is 61.7 Å². The molecule has 0 heterocycles. The van der Waals surface area contributed by atoms with E-state index in [4.69, 9.17) is 5.11 Å². The summed E-state index contributed by atoms with van der Waals surface area (Å²) in [5.74, 6) is 0. The van der Waals surface area contributed by atoms with Gasteiger partial charge in [0.2, 0.25) is 0 Å². The van der Waals surface area contributed by atoms with E-state index in [1.807, 2.05) is 12.3 Å². The van der Waals surface area contributed by atoms with Crippen molar-refractivity contribution in [2.45, 2.75) is 4.90 Å². The van der Waals surface area contributed by atoms with Crippen LogP contribution in [0.1, 0.15) is 0 Å². The van der Waals surface area contributed by atoms with Crippen molar-refractivity contribution in [3.05, 3.63) is 23.1 Å². The Morgan fingerprint density at radius 2 is 2.36 bits per heavy atom. The minimum absolute atomic E-state index is 0.0856. The number of thioether (sulfide) groups is 1. The molecule has 76 valence electrons. The quantitative estimate of drug-likeness (QED) is 0.580. The van der Waals surface area contributed by atoms with Gasteiger partial charge < -0.3 is 10.4 Å². The average Bonchev–Trinajstić information content (AvgIpc) is 2.25. The monoisotopic (exact) mass is 212 g/mol. The van der Waals surface area contributed by atoms with E-state index in [2.05, 4.69) is 10.5 Å². The van der Waals surface area contributed by atoms with Crippen molar-refractivity contribution in [1.82, 2.24) is 0 Å². The number of aliphatic hydroxyl groups excluding tert-OH is 1. The number of benzene rings is 1. The molecular weight excluding hydrogens is 200 g/mol. The van der Waals surface area contributed by atoms with Crippen molar-refractivity contribution in [3.63, 3.8) is 0 Å². The summed E-state index contributed by atoms with van der Waals surface area (Å²) in [7, 11) is 0. The molecule has 1 aromatic rings. The summed E-state index contributed by atoms with van der Waals surface area (Å²) in [6, 6.07) is 5.28. The van der Waals surface area contributed by atoms with Crippen molar-refractivity contribution >= 4 is 23.1 Å². The number of rotatable bonds is 5. The van der Waals surface area contributed by atoms with Gasteiger partial charge in [-0.15, -0.1) is 16.7 Å². The van der Waals surface area contributed by atoms with Gasteiger partial charge in [0, 0.05) is 17.1 Å². The number of hydrogen-bond donors (Lipinski definition) is 2. The van der Waals surface area contributed by atoms with E-state index in [1.165, 1.54) is 11.8 Å². The van der Waals surface area contributed by atoms with Gasteiger partial charge in [-0.3, -0.25) is 0 Å². The zero-order valence-corrected chi connectivity index (χ0v) is 8.67. The van der Waals surface area contributed by atoms with Gasteiger partial charge in [0.05, 0.1) is 6.61 Å². The second-order valence-electron chi connectivity index (χ2n) is 2.63. The van der Waals surface area contributed by atoms with Crippen LogP contribution in [-0.2, 0) is 0 Å². The summed E-state index contributed by atoms with van der Waals surface area (Å²) in [6.45, 7) is 0.587. The molecule has 0 fully saturated rings. The molecule has 0 aromatic heterocycles. The molecule has 0 aliphatic carbocycles. The number of nitroso groups, excluding NO2 is 1. The minimum Gasteiger partial charge on any atom is -0.395 e. The van der Waals surface area contributed by atoms with E-state index in [9.17, 15) is 4.91 Å². The number of anilines is 1. The van der Waals surface area contributed by atoms with Crippen molar-refractivity contribution in [2.75, 3.05) is 24.7 Å². The Kier molecular flexibility index (Phi) is 4.42. The molecule has 0 amide bonds. The Morgan fingerprint density at radius 3 is 2.93 bits per heavy atom. The van der Waals surface area contributed by atoms with Crippen LogP contribution in [0.3, 0.4) is 0 Å². The predicted molar refractivity (Wildman–Crippen MR) is 59.3 cm³/mol. The lowest BCUT2D eigenvalue weighted by atomic mass is 10.3. The van der Waals surface area contributed by atoms with Crippen molar-refractivity contribution in [1.29, 1.82) is 0 Å². The summed E-state index contributed by atoms with van der Waals surface area (Å²) < 4.78 is 0. The first-order valence-electron chi connectivity index (χ1n) is 4.18. The Hall–Kier alpha value is -1.07. The maximum atomic E-state index is 10.4. The highest BCUT2D eigenvalue weighted by Gasteiger charge is 2.02. The van der Waals surface area contributed by atoms with E-state index in [-0.39, 0.29) is 6.61 Å². The number of hydrogen-bond acceptors (Lipinski definition) is 5. The van der Waals surface area contributed by atoms with E-state index < -0.39 is 0 Å². The Balaban J connectivity index is 2.84. The smallest absolute Gasteiger partial charge is 0.121 e. The number of aliphatic hydroxyl groups is 1. The third kappa shape index (κ3) is 2.71. The Labute approximate surface area is 86.7 Å². The molecule has 0 saturated heterocycles. The van der Waals surface area contributed by atoms with Gasteiger partial charge in [-0.1, -0.05) is 0 Å². The van der Waals surface area contributed by atoms with E-state index in [1.54, 1.807) is 12.1 Å². The summed E-state index contributed by atoms with van der Waals surface area (Å²) in [5, 5.41) is 14.5. The van der Waals surface area contributed by atoms with Gasteiger partial charge in [-0.25, -0.2) is 0 Å². The van der Waals surface area contributed by atoms with Gasteiger partial charge in [-0.05, 0) is 29.6 Å². The molecule has 14 heavy (non-hydrogen) atoms. The van der Waals surface area contributed by atoms with Crippen LogP contribution in [0.4, 0.5) is 11.4 Å². The van der Waals surface area contributed by atoms with Crippen LogP contribution in [0, 0.1) is 4.91 Å². The Bertz CT molecular complexity index is 318. The third-order valence-corrected chi connectivity index (χ3v) is 2.49. The standard InChI is InChI=1S/C9H12N2O2S/c1-14-9-6-7(10-4-5-12)2-3-8(9)11-13/h2-3,6,10,12H,4-5H2,1H3. The summed E-state index contributed by atoms with van der Waals surface area (Å²) in [6.07, 6.45) is 1.89. The summed E-state index contributed by atoms with van der Waals surface area (Å²) in [5.41, 5.74) is 1.34. The molecule has 1 aromatic carbocycles. The highest BCUT2D eigenvalue weighted by molar-refractivity contribution is 7.98. The maximum absolute atomic E-state index is 10.4. The second-order valence-corrected chi connectivity index (χ2v) is 3.48.